The second-order valence-corrected chi connectivity index (χ2v) is 9.92. The SMILES string of the molecule is O=C(Nc1nnc(C23CC4CC(CC(C4)C2)C3)s1)c1ccc(-n2ccnc2)nc1. The number of imidazole rings is 1. The molecule has 7 nitrogen and oxygen atoms in total. The first-order valence-electron chi connectivity index (χ1n) is 10.3. The molecule has 0 aliphatic heterocycles. The van der Waals surface area contributed by atoms with E-state index in [0.29, 0.717) is 10.7 Å². The summed E-state index contributed by atoms with van der Waals surface area (Å²) in [6.07, 6.45) is 14.7. The van der Waals surface area contributed by atoms with Crippen molar-refractivity contribution in [2.75, 3.05) is 5.32 Å². The second kappa shape index (κ2) is 6.45. The molecule has 8 heteroatoms. The molecule has 1 amide bonds. The molecule has 4 aliphatic carbocycles. The van der Waals surface area contributed by atoms with Crippen molar-refractivity contribution < 1.29 is 4.79 Å². The van der Waals surface area contributed by atoms with Crippen molar-refractivity contribution in [3.05, 3.63) is 47.6 Å². The quantitative estimate of drug-likeness (QED) is 0.711. The number of rotatable bonds is 4. The third-order valence-electron chi connectivity index (χ3n) is 6.92. The van der Waals surface area contributed by atoms with Crippen LogP contribution in [-0.4, -0.2) is 30.6 Å². The van der Waals surface area contributed by atoms with E-state index in [1.807, 2.05) is 6.20 Å². The fourth-order valence-electron chi connectivity index (χ4n) is 6.10. The number of aromatic nitrogens is 5. The molecule has 3 aromatic rings. The van der Waals surface area contributed by atoms with E-state index in [-0.39, 0.29) is 11.3 Å². The maximum absolute atomic E-state index is 12.6. The normalized spacial score (nSPS) is 29.9. The van der Waals surface area contributed by atoms with Crippen LogP contribution in [0.15, 0.2) is 37.1 Å². The standard InChI is InChI=1S/C21H22N6OS/c28-18(16-1-2-17(23-11-16)27-4-3-22-12-27)24-20-26-25-19(29-20)21-8-13-5-14(9-21)7-15(6-13)10-21/h1-4,11-15H,5-10H2,(H,24,26,28). The van der Waals surface area contributed by atoms with Crippen molar-refractivity contribution >= 4 is 22.4 Å². The number of nitrogens with zero attached hydrogens (tertiary/aromatic N) is 5. The molecule has 4 aliphatic rings. The van der Waals surface area contributed by atoms with Crippen molar-refractivity contribution in [2.24, 2.45) is 17.8 Å². The van der Waals surface area contributed by atoms with Crippen LogP contribution in [0.2, 0.25) is 0 Å². The molecule has 0 atom stereocenters. The summed E-state index contributed by atoms with van der Waals surface area (Å²) in [4.78, 5) is 21.0. The monoisotopic (exact) mass is 406 g/mol. The largest absolute Gasteiger partial charge is 0.296 e. The molecule has 4 saturated carbocycles. The lowest BCUT2D eigenvalue weighted by atomic mass is 9.50. The van der Waals surface area contributed by atoms with Gasteiger partial charge in [0.15, 0.2) is 0 Å². The third-order valence-corrected chi connectivity index (χ3v) is 8.00. The summed E-state index contributed by atoms with van der Waals surface area (Å²) in [6.45, 7) is 0. The molecule has 0 radical (unpaired) electrons. The molecule has 148 valence electrons. The molecule has 0 unspecified atom stereocenters. The van der Waals surface area contributed by atoms with Crippen LogP contribution in [0.1, 0.15) is 53.9 Å². The highest BCUT2D eigenvalue weighted by atomic mass is 32.1. The Balaban J connectivity index is 1.18. The van der Waals surface area contributed by atoms with E-state index in [0.717, 1.165) is 28.6 Å². The Kier molecular flexibility index (Phi) is 3.84. The van der Waals surface area contributed by atoms with Crippen molar-refractivity contribution in [2.45, 2.75) is 43.9 Å². The van der Waals surface area contributed by atoms with Gasteiger partial charge in [-0.25, -0.2) is 9.97 Å². The molecule has 0 spiro atoms. The van der Waals surface area contributed by atoms with Crippen LogP contribution in [0.3, 0.4) is 0 Å². The van der Waals surface area contributed by atoms with Crippen molar-refractivity contribution in [1.82, 2.24) is 24.7 Å². The molecule has 1 N–H and O–H groups in total. The summed E-state index contributed by atoms with van der Waals surface area (Å²) in [5, 5.41) is 13.4. The molecule has 29 heavy (non-hydrogen) atoms. The topological polar surface area (TPSA) is 85.6 Å². The highest BCUT2D eigenvalue weighted by Gasteiger charge is 2.53. The molecule has 7 rings (SSSR count). The lowest BCUT2D eigenvalue weighted by Gasteiger charge is -2.55. The molecular weight excluding hydrogens is 384 g/mol. The number of nitrogens with one attached hydrogen (secondary N) is 1. The number of pyridine rings is 1. The van der Waals surface area contributed by atoms with Gasteiger partial charge < -0.3 is 0 Å². The van der Waals surface area contributed by atoms with Gasteiger partial charge in [-0.2, -0.15) is 0 Å². The average molecular weight is 407 g/mol. The van der Waals surface area contributed by atoms with Crippen molar-refractivity contribution in [1.29, 1.82) is 0 Å². The van der Waals surface area contributed by atoms with Crippen LogP contribution in [0.4, 0.5) is 5.13 Å². The zero-order valence-electron chi connectivity index (χ0n) is 16.0. The third kappa shape index (κ3) is 2.97. The van der Waals surface area contributed by atoms with Gasteiger partial charge in [0.05, 0.1) is 5.56 Å². The van der Waals surface area contributed by atoms with Gasteiger partial charge >= 0.3 is 0 Å². The minimum atomic E-state index is -0.206. The summed E-state index contributed by atoms with van der Waals surface area (Å²) in [6, 6.07) is 3.57. The molecule has 3 aromatic heterocycles. The van der Waals surface area contributed by atoms with Gasteiger partial charge in [0.2, 0.25) is 5.13 Å². The first-order chi connectivity index (χ1) is 14.2. The zero-order chi connectivity index (χ0) is 19.4. The van der Waals surface area contributed by atoms with Crippen LogP contribution in [-0.2, 0) is 5.41 Å². The fraction of sp³-hybridized carbons (Fsp3) is 0.476. The Morgan fingerprint density at radius 3 is 2.48 bits per heavy atom. The Morgan fingerprint density at radius 2 is 1.86 bits per heavy atom. The number of carbonyl (C=O) groups excluding carboxylic acids is 1. The Labute approximate surface area is 172 Å². The highest BCUT2D eigenvalue weighted by Crippen LogP contribution is 2.61. The minimum absolute atomic E-state index is 0.206. The average Bonchev–Trinajstić information content (AvgIpc) is 3.40. The van der Waals surface area contributed by atoms with Crippen LogP contribution in [0.5, 0.6) is 0 Å². The van der Waals surface area contributed by atoms with Gasteiger partial charge in [0.1, 0.15) is 17.2 Å². The Morgan fingerprint density at radius 1 is 1.10 bits per heavy atom. The number of anilines is 1. The Hall–Kier alpha value is -2.61. The van der Waals surface area contributed by atoms with Gasteiger partial charge in [-0.3, -0.25) is 14.7 Å². The Bertz CT molecular complexity index is 1010. The molecule has 4 bridgehead atoms. The second-order valence-electron chi connectivity index (χ2n) is 8.94. The summed E-state index contributed by atoms with van der Waals surface area (Å²) >= 11 is 1.56. The predicted molar refractivity (Wildman–Crippen MR) is 109 cm³/mol. The van der Waals surface area contributed by atoms with Crippen LogP contribution < -0.4 is 5.32 Å². The van der Waals surface area contributed by atoms with Gasteiger partial charge in [-0.1, -0.05) is 11.3 Å². The molecule has 0 saturated heterocycles. The number of amides is 1. The molecular formula is C21H22N6OS. The first-order valence-corrected chi connectivity index (χ1v) is 11.1. The van der Waals surface area contributed by atoms with Gasteiger partial charge in [-0.05, 0) is 68.4 Å². The van der Waals surface area contributed by atoms with Crippen molar-refractivity contribution in [3.8, 4) is 5.82 Å². The summed E-state index contributed by atoms with van der Waals surface area (Å²) < 4.78 is 1.80. The van der Waals surface area contributed by atoms with E-state index in [1.165, 1.54) is 38.5 Å². The van der Waals surface area contributed by atoms with E-state index in [1.54, 1.807) is 46.8 Å². The maximum Gasteiger partial charge on any atom is 0.259 e. The molecule has 3 heterocycles. The zero-order valence-corrected chi connectivity index (χ0v) is 16.8. The number of hydrogen-bond acceptors (Lipinski definition) is 6. The van der Waals surface area contributed by atoms with E-state index in [2.05, 4.69) is 25.5 Å². The smallest absolute Gasteiger partial charge is 0.259 e. The predicted octanol–water partition coefficient (Wildman–Crippen LogP) is 3.84. The van der Waals surface area contributed by atoms with E-state index in [4.69, 9.17) is 0 Å². The van der Waals surface area contributed by atoms with Crippen molar-refractivity contribution in [3.63, 3.8) is 0 Å². The molecule has 0 aromatic carbocycles. The van der Waals surface area contributed by atoms with Crippen LogP contribution in [0.25, 0.3) is 5.82 Å². The number of carbonyl (C=O) groups is 1. The number of hydrogen-bond donors (Lipinski definition) is 1. The van der Waals surface area contributed by atoms with E-state index >= 15 is 0 Å². The summed E-state index contributed by atoms with van der Waals surface area (Å²) in [5.41, 5.74) is 0.712. The lowest BCUT2D eigenvalue weighted by Crippen LogP contribution is -2.48. The summed E-state index contributed by atoms with van der Waals surface area (Å²) in [5.74, 6) is 3.11. The van der Waals surface area contributed by atoms with E-state index < -0.39 is 0 Å². The van der Waals surface area contributed by atoms with Gasteiger partial charge in [-0.15, -0.1) is 10.2 Å². The minimum Gasteiger partial charge on any atom is -0.296 e. The maximum atomic E-state index is 12.6. The highest BCUT2D eigenvalue weighted by molar-refractivity contribution is 7.15. The fourth-order valence-corrected chi connectivity index (χ4v) is 7.05. The van der Waals surface area contributed by atoms with Gasteiger partial charge in [0.25, 0.3) is 5.91 Å². The van der Waals surface area contributed by atoms with Gasteiger partial charge in [0, 0.05) is 24.0 Å². The molecule has 4 fully saturated rings. The van der Waals surface area contributed by atoms with Crippen LogP contribution in [0, 0.1) is 17.8 Å². The lowest BCUT2D eigenvalue weighted by molar-refractivity contribution is -0.00555. The first kappa shape index (κ1) is 17.3. The van der Waals surface area contributed by atoms with Crippen LogP contribution >= 0.6 is 11.3 Å². The summed E-state index contributed by atoms with van der Waals surface area (Å²) in [7, 11) is 0. The van der Waals surface area contributed by atoms with E-state index in [9.17, 15) is 4.79 Å².